The van der Waals surface area contributed by atoms with E-state index in [4.69, 9.17) is 0 Å². The number of fused-ring (bicyclic) bond motifs is 1. The van der Waals surface area contributed by atoms with Gasteiger partial charge in [-0.05, 0) is 18.1 Å². The maximum Gasteiger partial charge on any atom is 0.163 e. The summed E-state index contributed by atoms with van der Waals surface area (Å²) in [7, 11) is 0. The molecule has 0 spiro atoms. The molecule has 3 heterocycles. The molecule has 2 aromatic carbocycles. The molecule has 4 aromatic rings. The second-order valence-electron chi connectivity index (χ2n) is 7.64. The van der Waals surface area contributed by atoms with Crippen molar-refractivity contribution in [3.63, 3.8) is 0 Å². The summed E-state index contributed by atoms with van der Waals surface area (Å²) in [5.74, 6) is 0.996. The van der Waals surface area contributed by atoms with Gasteiger partial charge in [0.25, 0.3) is 0 Å². The molecular formula is C24H26N6. The molecule has 1 fully saturated rings. The Kier molecular flexibility index (Phi) is 5.15. The van der Waals surface area contributed by atoms with E-state index in [0.717, 1.165) is 49.6 Å². The minimum atomic E-state index is 0.266. The number of benzene rings is 2. The van der Waals surface area contributed by atoms with Gasteiger partial charge in [-0.15, -0.1) is 0 Å². The number of aryl methyl sites for hydroxylation is 1. The van der Waals surface area contributed by atoms with Crippen molar-refractivity contribution >= 4 is 16.9 Å². The van der Waals surface area contributed by atoms with E-state index in [1.165, 1.54) is 11.1 Å². The minimum Gasteiger partial charge on any atom is -0.353 e. The summed E-state index contributed by atoms with van der Waals surface area (Å²) in [6, 6.07) is 21.9. The van der Waals surface area contributed by atoms with E-state index in [2.05, 4.69) is 92.5 Å². The van der Waals surface area contributed by atoms with E-state index in [9.17, 15) is 0 Å². The lowest BCUT2D eigenvalue weighted by Gasteiger charge is -2.40. The monoisotopic (exact) mass is 398 g/mol. The number of piperazine rings is 1. The van der Waals surface area contributed by atoms with Crippen LogP contribution in [-0.4, -0.2) is 50.8 Å². The average Bonchev–Trinajstić information content (AvgIpc) is 3.25. The highest BCUT2D eigenvalue weighted by atomic mass is 15.3. The highest BCUT2D eigenvalue weighted by molar-refractivity contribution is 5.86. The molecule has 0 atom stereocenters. The third kappa shape index (κ3) is 3.44. The van der Waals surface area contributed by atoms with Crippen LogP contribution in [0.2, 0.25) is 0 Å². The van der Waals surface area contributed by atoms with Gasteiger partial charge in [0.15, 0.2) is 5.65 Å². The quantitative estimate of drug-likeness (QED) is 0.512. The topological polar surface area (TPSA) is 50.1 Å². The molecule has 1 saturated heterocycles. The van der Waals surface area contributed by atoms with Gasteiger partial charge in [-0.3, -0.25) is 4.90 Å². The molecule has 152 valence electrons. The Bertz CT molecular complexity index is 1060. The Morgan fingerprint density at radius 2 is 1.47 bits per heavy atom. The molecule has 0 saturated carbocycles. The summed E-state index contributed by atoms with van der Waals surface area (Å²) in [4.78, 5) is 14.0. The highest BCUT2D eigenvalue weighted by Crippen LogP contribution is 2.31. The van der Waals surface area contributed by atoms with Gasteiger partial charge < -0.3 is 4.90 Å². The second kappa shape index (κ2) is 8.24. The van der Waals surface area contributed by atoms with Gasteiger partial charge in [-0.1, -0.05) is 60.7 Å². The van der Waals surface area contributed by atoms with E-state index < -0.39 is 0 Å². The predicted molar refractivity (Wildman–Crippen MR) is 120 cm³/mol. The second-order valence-corrected chi connectivity index (χ2v) is 7.64. The van der Waals surface area contributed by atoms with Crippen LogP contribution in [-0.2, 0) is 6.54 Å². The number of anilines is 1. The number of nitrogens with zero attached hydrogens (tertiary/aromatic N) is 6. The van der Waals surface area contributed by atoms with Crippen LogP contribution in [0.15, 0.2) is 73.2 Å². The van der Waals surface area contributed by atoms with Crippen LogP contribution in [0.3, 0.4) is 0 Å². The van der Waals surface area contributed by atoms with E-state index in [1.54, 1.807) is 6.33 Å². The molecule has 0 radical (unpaired) electrons. The van der Waals surface area contributed by atoms with Crippen molar-refractivity contribution in [3.05, 3.63) is 84.3 Å². The summed E-state index contributed by atoms with van der Waals surface area (Å²) in [6.07, 6.45) is 3.56. The van der Waals surface area contributed by atoms with Crippen molar-refractivity contribution in [3.8, 4) is 0 Å². The van der Waals surface area contributed by atoms with Gasteiger partial charge in [-0.25, -0.2) is 14.6 Å². The zero-order valence-corrected chi connectivity index (χ0v) is 17.2. The van der Waals surface area contributed by atoms with E-state index in [-0.39, 0.29) is 6.04 Å². The molecule has 0 amide bonds. The molecule has 6 nitrogen and oxygen atoms in total. The van der Waals surface area contributed by atoms with Crippen molar-refractivity contribution in [2.24, 2.45) is 0 Å². The van der Waals surface area contributed by atoms with E-state index in [0.29, 0.717) is 0 Å². The van der Waals surface area contributed by atoms with Crippen LogP contribution < -0.4 is 4.90 Å². The normalized spacial score (nSPS) is 15.2. The third-order valence-corrected chi connectivity index (χ3v) is 5.92. The van der Waals surface area contributed by atoms with Gasteiger partial charge in [-0.2, -0.15) is 5.10 Å². The maximum absolute atomic E-state index is 4.61. The van der Waals surface area contributed by atoms with Crippen LogP contribution in [0.4, 0.5) is 5.82 Å². The number of hydrogen-bond donors (Lipinski definition) is 0. The SMILES string of the molecule is CCn1ncc2c(N3CCN(C(c4ccccc4)c4ccccc4)CC3)ncnc21. The van der Waals surface area contributed by atoms with Crippen molar-refractivity contribution in [2.75, 3.05) is 31.1 Å². The van der Waals surface area contributed by atoms with E-state index in [1.807, 2.05) is 10.9 Å². The Labute approximate surface area is 176 Å². The Balaban J connectivity index is 1.40. The fourth-order valence-electron chi connectivity index (χ4n) is 4.44. The van der Waals surface area contributed by atoms with Crippen molar-refractivity contribution in [1.29, 1.82) is 0 Å². The molecule has 2 aromatic heterocycles. The zero-order chi connectivity index (χ0) is 20.3. The number of aromatic nitrogens is 4. The fraction of sp³-hybridized carbons (Fsp3) is 0.292. The molecule has 0 bridgehead atoms. The zero-order valence-electron chi connectivity index (χ0n) is 17.2. The Hall–Kier alpha value is -3.25. The molecule has 0 N–H and O–H groups in total. The lowest BCUT2D eigenvalue weighted by Crippen LogP contribution is -2.48. The third-order valence-electron chi connectivity index (χ3n) is 5.92. The molecule has 0 aliphatic carbocycles. The largest absolute Gasteiger partial charge is 0.353 e. The Morgan fingerprint density at radius 3 is 2.07 bits per heavy atom. The van der Waals surface area contributed by atoms with E-state index >= 15 is 0 Å². The van der Waals surface area contributed by atoms with Gasteiger partial charge in [0.05, 0.1) is 17.6 Å². The highest BCUT2D eigenvalue weighted by Gasteiger charge is 2.27. The molecule has 1 aliphatic rings. The smallest absolute Gasteiger partial charge is 0.163 e. The van der Waals surface area contributed by atoms with Crippen molar-refractivity contribution in [2.45, 2.75) is 19.5 Å². The minimum absolute atomic E-state index is 0.266. The van der Waals surface area contributed by atoms with Gasteiger partial charge >= 0.3 is 0 Å². The fourth-order valence-corrected chi connectivity index (χ4v) is 4.44. The summed E-state index contributed by atoms with van der Waals surface area (Å²) >= 11 is 0. The Morgan fingerprint density at radius 1 is 0.833 bits per heavy atom. The van der Waals surface area contributed by atoms with Crippen LogP contribution in [0.5, 0.6) is 0 Å². The standard InChI is InChI=1S/C24H26N6/c1-2-30-24-21(17-27-30)23(25-18-26-24)29-15-13-28(14-16-29)22(19-9-5-3-6-10-19)20-11-7-4-8-12-20/h3-12,17-18,22H,2,13-16H2,1H3. The van der Waals surface area contributed by atoms with Crippen molar-refractivity contribution < 1.29 is 0 Å². The summed E-state index contributed by atoms with van der Waals surface area (Å²) in [5.41, 5.74) is 3.59. The van der Waals surface area contributed by atoms with Crippen molar-refractivity contribution in [1.82, 2.24) is 24.6 Å². The van der Waals surface area contributed by atoms with Gasteiger partial charge in [0.1, 0.15) is 12.1 Å². The van der Waals surface area contributed by atoms with Crippen LogP contribution in [0, 0.1) is 0 Å². The maximum atomic E-state index is 4.61. The molecular weight excluding hydrogens is 372 g/mol. The van der Waals surface area contributed by atoms with Gasteiger partial charge in [0.2, 0.25) is 0 Å². The molecule has 6 heteroatoms. The lowest BCUT2D eigenvalue weighted by molar-refractivity contribution is 0.212. The number of hydrogen-bond acceptors (Lipinski definition) is 5. The first kappa shape index (κ1) is 18.8. The summed E-state index contributed by atoms with van der Waals surface area (Å²) in [6.45, 7) is 6.70. The van der Waals surface area contributed by atoms with Crippen LogP contribution >= 0.6 is 0 Å². The average molecular weight is 399 g/mol. The van der Waals surface area contributed by atoms with Gasteiger partial charge in [0, 0.05) is 32.7 Å². The molecule has 0 unspecified atom stereocenters. The summed E-state index contributed by atoms with van der Waals surface area (Å²) < 4.78 is 1.93. The number of rotatable bonds is 5. The first-order valence-electron chi connectivity index (χ1n) is 10.6. The first-order chi connectivity index (χ1) is 14.8. The molecule has 30 heavy (non-hydrogen) atoms. The molecule has 1 aliphatic heterocycles. The van der Waals surface area contributed by atoms with Crippen LogP contribution in [0.1, 0.15) is 24.1 Å². The lowest BCUT2D eigenvalue weighted by atomic mass is 9.96. The van der Waals surface area contributed by atoms with Crippen LogP contribution in [0.25, 0.3) is 11.0 Å². The summed E-state index contributed by atoms with van der Waals surface area (Å²) in [5, 5.41) is 5.51. The first-order valence-corrected chi connectivity index (χ1v) is 10.6. The molecule has 5 rings (SSSR count). The predicted octanol–water partition coefficient (Wildman–Crippen LogP) is 3.76.